The number of nitrogens with two attached hydrogens (primary N) is 1. The lowest BCUT2D eigenvalue weighted by Gasteiger charge is -2.09. The lowest BCUT2D eigenvalue weighted by molar-refractivity contribution is -0.114. The molecule has 166 valence electrons. The number of carbonyl (C=O) groups excluding carboxylic acids is 1. The zero-order valence-electron chi connectivity index (χ0n) is 18.0. The number of rotatable bonds is 7. The minimum absolute atomic E-state index is 0. The van der Waals surface area contributed by atoms with Crippen molar-refractivity contribution in [3.8, 4) is 11.5 Å². The summed E-state index contributed by atoms with van der Waals surface area (Å²) in [6.07, 6.45) is 0.993. The molecule has 3 aromatic carbocycles. The van der Waals surface area contributed by atoms with Crippen LogP contribution in [0, 0.1) is 0 Å². The molecule has 0 saturated carbocycles. The Hall–Kier alpha value is -3.38. The van der Waals surface area contributed by atoms with Gasteiger partial charge in [0.05, 0.1) is 20.8 Å². The topological polar surface area (TPSA) is 85.6 Å². The van der Waals surface area contributed by atoms with Gasteiger partial charge in [-0.1, -0.05) is 19.1 Å². The lowest BCUT2D eigenvalue weighted by Crippen LogP contribution is -3.00. The van der Waals surface area contributed by atoms with Gasteiger partial charge in [0, 0.05) is 17.1 Å². The Balaban J connectivity index is 0.000000404. The monoisotopic (exact) mass is 442 g/mol. The third-order valence-electron chi connectivity index (χ3n) is 4.30. The molecule has 0 fully saturated rings. The molecule has 3 aromatic rings. The smallest absolute Gasteiger partial charge is 0.243 e. The van der Waals surface area contributed by atoms with Crippen LogP contribution in [0.1, 0.15) is 12.5 Å². The van der Waals surface area contributed by atoms with E-state index >= 15 is 0 Å². The third kappa shape index (κ3) is 9.31. The minimum atomic E-state index is -0.0740. The fourth-order valence-electron chi connectivity index (χ4n) is 2.52. The van der Waals surface area contributed by atoms with E-state index in [4.69, 9.17) is 15.2 Å². The second kappa shape index (κ2) is 13.8. The number of amides is 1. The highest BCUT2D eigenvalue weighted by atomic mass is 35.5. The van der Waals surface area contributed by atoms with E-state index in [2.05, 4.69) is 17.6 Å². The molecule has 0 aliphatic rings. The van der Waals surface area contributed by atoms with Crippen LogP contribution in [0.25, 0.3) is 0 Å². The van der Waals surface area contributed by atoms with Gasteiger partial charge in [-0.15, -0.1) is 0 Å². The number of hydrogen-bond donors (Lipinski definition) is 3. The fourth-order valence-corrected chi connectivity index (χ4v) is 2.52. The predicted molar refractivity (Wildman–Crippen MR) is 123 cm³/mol. The molecular weight excluding hydrogens is 414 g/mol. The van der Waals surface area contributed by atoms with Gasteiger partial charge in [-0.25, -0.2) is 0 Å². The molecule has 3 rings (SSSR count). The molecule has 0 unspecified atom stereocenters. The van der Waals surface area contributed by atoms with Crippen LogP contribution >= 0.6 is 0 Å². The average Bonchev–Trinajstić information content (AvgIpc) is 2.79. The van der Waals surface area contributed by atoms with E-state index < -0.39 is 0 Å². The first kappa shape index (κ1) is 25.7. The number of methoxy groups -OCH3 is 2. The molecule has 4 N–H and O–H groups in total. The van der Waals surface area contributed by atoms with Gasteiger partial charge in [-0.05, 0) is 72.6 Å². The number of halogens is 1. The molecule has 0 atom stereocenters. The zero-order chi connectivity index (χ0) is 21.8. The van der Waals surface area contributed by atoms with Gasteiger partial charge in [0.2, 0.25) is 5.91 Å². The zero-order valence-corrected chi connectivity index (χ0v) is 18.8. The number of anilines is 3. The van der Waals surface area contributed by atoms with Crippen molar-refractivity contribution >= 4 is 23.0 Å². The summed E-state index contributed by atoms with van der Waals surface area (Å²) in [6, 6.07) is 22.6. The first-order valence-electron chi connectivity index (χ1n) is 9.70. The van der Waals surface area contributed by atoms with E-state index in [1.807, 2.05) is 60.7 Å². The maximum absolute atomic E-state index is 11.9. The van der Waals surface area contributed by atoms with E-state index in [1.165, 1.54) is 5.56 Å². The summed E-state index contributed by atoms with van der Waals surface area (Å²) in [7, 11) is 3.26. The fraction of sp³-hybridized carbons (Fsp3) is 0.208. The quantitative estimate of drug-likeness (QED) is 0.484. The van der Waals surface area contributed by atoms with Crippen molar-refractivity contribution in [2.24, 2.45) is 0 Å². The van der Waals surface area contributed by atoms with Crippen molar-refractivity contribution in [1.82, 2.24) is 0 Å². The maximum Gasteiger partial charge on any atom is 0.243 e. The van der Waals surface area contributed by atoms with Gasteiger partial charge in [0.25, 0.3) is 0 Å². The van der Waals surface area contributed by atoms with Crippen molar-refractivity contribution < 1.29 is 26.7 Å². The normalized spacial score (nSPS) is 9.39. The van der Waals surface area contributed by atoms with Crippen molar-refractivity contribution in [3.63, 3.8) is 0 Å². The van der Waals surface area contributed by atoms with Crippen molar-refractivity contribution in [2.45, 2.75) is 13.3 Å². The van der Waals surface area contributed by atoms with Crippen molar-refractivity contribution in [3.05, 3.63) is 78.4 Å². The number of aryl methyl sites for hydroxylation is 1. The van der Waals surface area contributed by atoms with Crippen molar-refractivity contribution in [2.75, 3.05) is 37.1 Å². The molecule has 0 radical (unpaired) electrons. The summed E-state index contributed by atoms with van der Waals surface area (Å²) in [6.45, 7) is 2.33. The van der Waals surface area contributed by atoms with E-state index in [9.17, 15) is 4.79 Å². The largest absolute Gasteiger partial charge is 1.00 e. The van der Waals surface area contributed by atoms with Crippen LogP contribution in [0.3, 0.4) is 0 Å². The number of carbonyl (C=O) groups is 1. The van der Waals surface area contributed by atoms with Gasteiger partial charge >= 0.3 is 0 Å². The van der Waals surface area contributed by atoms with Crippen LogP contribution in [0.2, 0.25) is 0 Å². The number of benzene rings is 3. The van der Waals surface area contributed by atoms with Crippen LogP contribution in [-0.2, 0) is 11.2 Å². The molecule has 0 aliphatic heterocycles. The molecule has 0 aromatic heterocycles. The second-order valence-electron chi connectivity index (χ2n) is 6.45. The van der Waals surface area contributed by atoms with E-state index in [-0.39, 0.29) is 24.9 Å². The Kier molecular flexibility index (Phi) is 11.4. The Labute approximate surface area is 190 Å². The molecule has 0 heterocycles. The highest BCUT2D eigenvalue weighted by molar-refractivity contribution is 5.93. The standard InChI is InChI=1S/C17H20N2O2.C7H9NO.ClH/c1-3-13-4-6-15(7-5-13)19-17(20)12-18-14-8-10-16(21-2)11-9-14;1-9-7-4-2-6(8)3-5-7;/h4-11,18H,3,12H2,1-2H3,(H,19,20);2-5H,8H2,1H3;1H/p-1. The van der Waals surface area contributed by atoms with Gasteiger partial charge in [-0.2, -0.15) is 0 Å². The van der Waals surface area contributed by atoms with Crippen LogP contribution in [0.5, 0.6) is 11.5 Å². The summed E-state index contributed by atoms with van der Waals surface area (Å²) >= 11 is 0. The molecule has 0 saturated heterocycles. The third-order valence-corrected chi connectivity index (χ3v) is 4.30. The predicted octanol–water partition coefficient (Wildman–Crippen LogP) is 1.59. The van der Waals surface area contributed by atoms with Gasteiger partial charge < -0.3 is 38.2 Å². The van der Waals surface area contributed by atoms with E-state index in [0.29, 0.717) is 0 Å². The SMILES string of the molecule is CCc1ccc(NC(=O)CNc2ccc(OC)cc2)cc1.COc1ccc(N)cc1.[Cl-]. The highest BCUT2D eigenvalue weighted by Gasteiger charge is 2.02. The molecule has 7 heteroatoms. The van der Waals surface area contributed by atoms with Crippen molar-refractivity contribution in [1.29, 1.82) is 0 Å². The van der Waals surface area contributed by atoms with Gasteiger partial charge in [-0.3, -0.25) is 4.79 Å². The van der Waals surface area contributed by atoms with Crippen LogP contribution in [-0.4, -0.2) is 26.7 Å². The van der Waals surface area contributed by atoms with E-state index in [1.54, 1.807) is 26.4 Å². The minimum Gasteiger partial charge on any atom is -1.00 e. The maximum atomic E-state index is 11.9. The van der Waals surface area contributed by atoms with Gasteiger partial charge in [0.15, 0.2) is 0 Å². The Morgan fingerprint density at radius 2 is 1.29 bits per heavy atom. The van der Waals surface area contributed by atoms with Crippen LogP contribution < -0.4 is 38.2 Å². The first-order valence-corrected chi connectivity index (χ1v) is 9.70. The number of nitrogen functional groups attached to an aromatic ring is 1. The molecular formula is C24H29ClN3O3-. The summed E-state index contributed by atoms with van der Waals surface area (Å²) in [4.78, 5) is 11.9. The summed E-state index contributed by atoms with van der Waals surface area (Å²) < 4.78 is 10.00. The summed E-state index contributed by atoms with van der Waals surface area (Å²) in [5.41, 5.74) is 9.14. The summed E-state index contributed by atoms with van der Waals surface area (Å²) in [5, 5.41) is 5.93. The second-order valence-corrected chi connectivity index (χ2v) is 6.45. The van der Waals surface area contributed by atoms with Gasteiger partial charge in [0.1, 0.15) is 11.5 Å². The Morgan fingerprint density at radius 1 is 0.806 bits per heavy atom. The molecule has 0 spiro atoms. The molecule has 0 bridgehead atoms. The lowest BCUT2D eigenvalue weighted by atomic mass is 10.1. The average molecular weight is 443 g/mol. The Bertz CT molecular complexity index is 899. The molecule has 6 nitrogen and oxygen atoms in total. The molecule has 0 aliphatic carbocycles. The molecule has 31 heavy (non-hydrogen) atoms. The van der Waals surface area contributed by atoms with Crippen LogP contribution in [0.15, 0.2) is 72.8 Å². The molecule has 1 amide bonds. The number of nitrogens with one attached hydrogen (secondary N) is 2. The highest BCUT2D eigenvalue weighted by Crippen LogP contribution is 2.15. The van der Waals surface area contributed by atoms with E-state index in [0.717, 1.165) is 35.0 Å². The first-order chi connectivity index (χ1) is 14.5. The summed E-state index contributed by atoms with van der Waals surface area (Å²) in [5.74, 6) is 1.56. The number of hydrogen-bond acceptors (Lipinski definition) is 5. The Morgan fingerprint density at radius 3 is 1.77 bits per heavy atom. The number of ether oxygens (including phenoxy) is 2. The van der Waals surface area contributed by atoms with Crippen LogP contribution in [0.4, 0.5) is 17.1 Å².